The van der Waals surface area contributed by atoms with E-state index in [4.69, 9.17) is 0 Å². The first-order valence-corrected chi connectivity index (χ1v) is 4.09. The fraction of sp³-hybridized carbons (Fsp3) is 0.500. The molecule has 1 aromatic rings. The van der Waals surface area contributed by atoms with Crippen molar-refractivity contribution in [3.8, 4) is 0 Å². The Kier molecular flexibility index (Phi) is 1.60. The molecule has 0 unspecified atom stereocenters. The molecule has 0 amide bonds. The molecule has 2 rings (SSSR count). The number of carbonyl (C=O) groups is 1. The van der Waals surface area contributed by atoms with Crippen molar-refractivity contribution < 1.29 is 4.79 Å². The zero-order valence-corrected chi connectivity index (χ0v) is 7.00. The summed E-state index contributed by atoms with van der Waals surface area (Å²) in [5, 5.41) is 3.14. The number of aryl methyl sites for hydroxylation is 1. The maximum atomic E-state index is 11.0. The van der Waals surface area contributed by atoms with Gasteiger partial charge in [0.05, 0.1) is 0 Å². The van der Waals surface area contributed by atoms with Gasteiger partial charge >= 0.3 is 0 Å². The summed E-state index contributed by atoms with van der Waals surface area (Å²) in [4.78, 5) is 15.1. The molecule has 64 valence electrons. The number of ketones is 1. The molecule has 1 aromatic heterocycles. The number of hydrogen-bond acceptors (Lipinski definition) is 3. The standard InChI is InChI=1S/C8H11N3O/c1-6(12)7-5-11-4-2-3-9-8(11)10-7/h5H,2-4H2,1H3,(H,9,10). The van der Waals surface area contributed by atoms with Crippen molar-refractivity contribution in [3.05, 3.63) is 11.9 Å². The van der Waals surface area contributed by atoms with Crippen molar-refractivity contribution >= 4 is 11.7 Å². The van der Waals surface area contributed by atoms with E-state index < -0.39 is 0 Å². The second kappa shape index (κ2) is 2.62. The van der Waals surface area contributed by atoms with Gasteiger partial charge in [-0.2, -0.15) is 0 Å². The van der Waals surface area contributed by atoms with E-state index in [9.17, 15) is 4.79 Å². The summed E-state index contributed by atoms with van der Waals surface area (Å²) in [7, 11) is 0. The zero-order chi connectivity index (χ0) is 8.55. The average molecular weight is 165 g/mol. The number of fused-ring (bicyclic) bond motifs is 1. The lowest BCUT2D eigenvalue weighted by atomic mass is 10.3. The van der Waals surface area contributed by atoms with E-state index in [0.717, 1.165) is 25.5 Å². The minimum Gasteiger partial charge on any atom is -0.356 e. The van der Waals surface area contributed by atoms with Gasteiger partial charge in [-0.3, -0.25) is 4.79 Å². The predicted octanol–water partition coefficient (Wildman–Crippen LogP) is 0.901. The van der Waals surface area contributed by atoms with Gasteiger partial charge in [-0.15, -0.1) is 0 Å². The fourth-order valence-electron chi connectivity index (χ4n) is 1.35. The highest BCUT2D eigenvalue weighted by atomic mass is 16.1. The molecule has 0 saturated heterocycles. The lowest BCUT2D eigenvalue weighted by Crippen LogP contribution is -2.16. The highest BCUT2D eigenvalue weighted by Gasteiger charge is 2.12. The molecular formula is C8H11N3O. The van der Waals surface area contributed by atoms with Crippen LogP contribution in [0.1, 0.15) is 23.8 Å². The summed E-state index contributed by atoms with van der Waals surface area (Å²) >= 11 is 0. The molecule has 12 heavy (non-hydrogen) atoms. The Labute approximate surface area is 70.6 Å². The number of nitrogens with zero attached hydrogens (tertiary/aromatic N) is 2. The average Bonchev–Trinajstić information content (AvgIpc) is 2.46. The molecule has 4 nitrogen and oxygen atoms in total. The molecule has 0 spiro atoms. The lowest BCUT2D eigenvalue weighted by molar-refractivity contribution is 0.101. The van der Waals surface area contributed by atoms with Crippen LogP contribution < -0.4 is 5.32 Å². The summed E-state index contributed by atoms with van der Waals surface area (Å²) in [6, 6.07) is 0. The number of imidazole rings is 1. The topological polar surface area (TPSA) is 46.9 Å². The predicted molar refractivity (Wildman–Crippen MR) is 45.3 cm³/mol. The van der Waals surface area contributed by atoms with E-state index in [2.05, 4.69) is 10.3 Å². The maximum absolute atomic E-state index is 11.0. The van der Waals surface area contributed by atoms with E-state index in [1.807, 2.05) is 10.8 Å². The number of nitrogens with one attached hydrogen (secondary N) is 1. The van der Waals surface area contributed by atoms with Crippen LogP contribution in [0.25, 0.3) is 0 Å². The molecule has 0 aromatic carbocycles. The van der Waals surface area contributed by atoms with Crippen molar-refractivity contribution in [2.45, 2.75) is 19.9 Å². The van der Waals surface area contributed by atoms with Gasteiger partial charge in [0, 0.05) is 26.2 Å². The van der Waals surface area contributed by atoms with Gasteiger partial charge < -0.3 is 9.88 Å². The van der Waals surface area contributed by atoms with Crippen LogP contribution in [-0.4, -0.2) is 21.9 Å². The highest BCUT2D eigenvalue weighted by molar-refractivity contribution is 5.92. The molecule has 1 aliphatic rings. The van der Waals surface area contributed by atoms with Crippen LogP contribution in [0.3, 0.4) is 0 Å². The van der Waals surface area contributed by atoms with E-state index in [0.29, 0.717) is 5.69 Å². The first-order chi connectivity index (χ1) is 5.77. The minimum absolute atomic E-state index is 0.0266. The third kappa shape index (κ3) is 1.09. The van der Waals surface area contributed by atoms with Crippen LogP contribution in [0, 0.1) is 0 Å². The minimum atomic E-state index is 0.0266. The number of anilines is 1. The third-order valence-electron chi connectivity index (χ3n) is 2.00. The van der Waals surface area contributed by atoms with Crippen LogP contribution in [-0.2, 0) is 6.54 Å². The Bertz CT molecular complexity index is 293. The van der Waals surface area contributed by atoms with Gasteiger partial charge in [0.2, 0.25) is 5.95 Å². The Hall–Kier alpha value is -1.32. The summed E-state index contributed by atoms with van der Waals surface area (Å²) < 4.78 is 1.99. The molecule has 0 aliphatic carbocycles. The Balaban J connectivity index is 2.38. The summed E-state index contributed by atoms with van der Waals surface area (Å²) in [5.41, 5.74) is 0.555. The van der Waals surface area contributed by atoms with Crippen molar-refractivity contribution in [2.24, 2.45) is 0 Å². The van der Waals surface area contributed by atoms with Gasteiger partial charge in [0.1, 0.15) is 5.69 Å². The van der Waals surface area contributed by atoms with E-state index in [1.165, 1.54) is 6.92 Å². The molecule has 1 aliphatic heterocycles. The first-order valence-electron chi connectivity index (χ1n) is 4.09. The number of rotatable bonds is 1. The van der Waals surface area contributed by atoms with Crippen LogP contribution >= 0.6 is 0 Å². The Morgan fingerprint density at radius 2 is 2.58 bits per heavy atom. The van der Waals surface area contributed by atoms with Crippen LogP contribution in [0.2, 0.25) is 0 Å². The smallest absolute Gasteiger partial charge is 0.203 e. The Morgan fingerprint density at radius 3 is 3.25 bits per heavy atom. The largest absolute Gasteiger partial charge is 0.356 e. The molecule has 4 heteroatoms. The molecule has 0 atom stereocenters. The number of Topliss-reactive ketones (excluding diaryl/α,β-unsaturated/α-hetero) is 1. The second-order valence-corrected chi connectivity index (χ2v) is 2.98. The normalized spacial score (nSPS) is 15.1. The number of aromatic nitrogens is 2. The maximum Gasteiger partial charge on any atom is 0.203 e. The zero-order valence-electron chi connectivity index (χ0n) is 7.00. The highest BCUT2D eigenvalue weighted by Crippen LogP contribution is 2.13. The summed E-state index contributed by atoms with van der Waals surface area (Å²) in [6.07, 6.45) is 2.91. The monoisotopic (exact) mass is 165 g/mol. The third-order valence-corrected chi connectivity index (χ3v) is 2.00. The van der Waals surface area contributed by atoms with Crippen molar-refractivity contribution in [3.63, 3.8) is 0 Å². The van der Waals surface area contributed by atoms with Gasteiger partial charge in [-0.25, -0.2) is 4.98 Å². The second-order valence-electron chi connectivity index (χ2n) is 2.98. The molecule has 0 saturated carbocycles. The summed E-state index contributed by atoms with van der Waals surface area (Å²) in [6.45, 7) is 3.45. The fourth-order valence-corrected chi connectivity index (χ4v) is 1.35. The Morgan fingerprint density at radius 1 is 1.75 bits per heavy atom. The van der Waals surface area contributed by atoms with Gasteiger partial charge in [-0.1, -0.05) is 0 Å². The van der Waals surface area contributed by atoms with Crippen LogP contribution in [0.15, 0.2) is 6.20 Å². The van der Waals surface area contributed by atoms with Crippen molar-refractivity contribution in [1.82, 2.24) is 9.55 Å². The van der Waals surface area contributed by atoms with Crippen LogP contribution in [0.4, 0.5) is 5.95 Å². The van der Waals surface area contributed by atoms with Gasteiger partial charge in [0.15, 0.2) is 5.78 Å². The SMILES string of the molecule is CC(=O)c1cn2c(n1)NCCC2. The van der Waals surface area contributed by atoms with E-state index >= 15 is 0 Å². The quantitative estimate of drug-likeness (QED) is 0.629. The number of carbonyl (C=O) groups excluding carboxylic acids is 1. The lowest BCUT2D eigenvalue weighted by Gasteiger charge is -2.14. The molecule has 0 radical (unpaired) electrons. The molecular weight excluding hydrogens is 154 g/mol. The molecule has 1 N–H and O–H groups in total. The number of hydrogen-bond donors (Lipinski definition) is 1. The van der Waals surface area contributed by atoms with E-state index in [-0.39, 0.29) is 5.78 Å². The van der Waals surface area contributed by atoms with Gasteiger partial charge in [0.25, 0.3) is 0 Å². The molecule has 0 fully saturated rings. The molecule has 0 bridgehead atoms. The molecule has 2 heterocycles. The van der Waals surface area contributed by atoms with Crippen molar-refractivity contribution in [2.75, 3.05) is 11.9 Å². The van der Waals surface area contributed by atoms with Crippen molar-refractivity contribution in [1.29, 1.82) is 0 Å². The summed E-state index contributed by atoms with van der Waals surface area (Å²) in [5.74, 6) is 0.852. The van der Waals surface area contributed by atoms with Crippen LogP contribution in [0.5, 0.6) is 0 Å². The first kappa shape index (κ1) is 7.34. The van der Waals surface area contributed by atoms with E-state index in [1.54, 1.807) is 0 Å². The van der Waals surface area contributed by atoms with Gasteiger partial charge in [-0.05, 0) is 6.42 Å².